The topological polar surface area (TPSA) is 6.48 Å². The second kappa shape index (κ2) is 12.4. The molecule has 0 heterocycles. The average Bonchev–Trinajstić information content (AvgIpc) is 3.08. The quantitative estimate of drug-likeness (QED) is 0.170. The van der Waals surface area contributed by atoms with Crippen LogP contribution in [0.2, 0.25) is 0 Å². The highest BCUT2D eigenvalue weighted by Crippen LogP contribution is 2.48. The highest BCUT2D eigenvalue weighted by atomic mass is 15.1. The van der Waals surface area contributed by atoms with Crippen LogP contribution in [0.25, 0.3) is 21.5 Å². The number of anilines is 6. The minimum absolute atomic E-state index is 0.101. The molecule has 0 unspecified atom stereocenters. The molecule has 7 aromatic rings. The normalized spacial score (nSPS) is 12.0. The molecule has 0 atom stereocenters. The van der Waals surface area contributed by atoms with Gasteiger partial charge in [-0.25, -0.2) is 0 Å². The Labute approximate surface area is 285 Å². The van der Waals surface area contributed by atoms with Crippen LogP contribution in [0.4, 0.5) is 34.1 Å². The zero-order valence-electron chi connectivity index (χ0n) is 28.9. The van der Waals surface area contributed by atoms with E-state index in [4.69, 9.17) is 0 Å². The molecule has 0 aliphatic heterocycles. The summed E-state index contributed by atoms with van der Waals surface area (Å²) in [5, 5.41) is 5.25. The highest BCUT2D eigenvalue weighted by molar-refractivity contribution is 6.09. The molecule has 2 nitrogen and oxygen atoms in total. The Bertz CT molecular complexity index is 1930. The molecule has 7 aromatic carbocycles. The Balaban J connectivity index is 1.54. The van der Waals surface area contributed by atoms with Crippen LogP contribution in [0, 0.1) is 0 Å². The molecular formula is C46H44N2. The van der Waals surface area contributed by atoms with Crippen molar-refractivity contribution in [3.05, 3.63) is 169 Å². The predicted octanol–water partition coefficient (Wildman–Crippen LogP) is 13.5. The summed E-state index contributed by atoms with van der Waals surface area (Å²) in [4.78, 5) is 4.74. The molecule has 0 aromatic heterocycles. The molecule has 2 heteroatoms. The maximum absolute atomic E-state index is 2.43. The van der Waals surface area contributed by atoms with Crippen LogP contribution >= 0.6 is 0 Å². The summed E-state index contributed by atoms with van der Waals surface area (Å²) in [7, 11) is 0. The summed E-state index contributed by atoms with van der Waals surface area (Å²) in [5.41, 5.74) is 9.43. The van der Waals surface area contributed by atoms with Crippen molar-refractivity contribution in [1.29, 1.82) is 0 Å². The Morgan fingerprint density at radius 1 is 0.292 bits per heavy atom. The lowest BCUT2D eigenvalue weighted by atomic mass is 9.74. The third kappa shape index (κ3) is 5.84. The Morgan fingerprint density at radius 2 is 0.562 bits per heavy atom. The lowest BCUT2D eigenvalue weighted by Gasteiger charge is -2.33. The number of hydrogen-bond donors (Lipinski definition) is 0. The SMILES string of the molecule is CC(C)(C)c1c2ccc(N(c3ccccc3)c3ccccc3)cc2c(C(C)(C)C)c2ccc(N(c3ccccc3)c3ccccc3)cc12. The van der Waals surface area contributed by atoms with Crippen LogP contribution in [0.3, 0.4) is 0 Å². The van der Waals surface area contributed by atoms with Crippen molar-refractivity contribution in [2.24, 2.45) is 0 Å². The molecule has 0 radical (unpaired) electrons. The van der Waals surface area contributed by atoms with E-state index in [0.29, 0.717) is 0 Å². The van der Waals surface area contributed by atoms with Gasteiger partial charge in [-0.15, -0.1) is 0 Å². The van der Waals surface area contributed by atoms with Crippen LogP contribution in [0.5, 0.6) is 0 Å². The fourth-order valence-electron chi connectivity index (χ4n) is 7.30. The maximum atomic E-state index is 2.43. The molecule has 0 bridgehead atoms. The van der Waals surface area contributed by atoms with Crippen molar-refractivity contribution in [2.45, 2.75) is 52.4 Å². The van der Waals surface area contributed by atoms with Crippen LogP contribution in [0.1, 0.15) is 52.7 Å². The molecule has 0 N–H and O–H groups in total. The number of para-hydroxylation sites is 4. The van der Waals surface area contributed by atoms with Gasteiger partial charge in [0.1, 0.15) is 0 Å². The van der Waals surface area contributed by atoms with Crippen molar-refractivity contribution < 1.29 is 0 Å². The summed E-state index contributed by atoms with van der Waals surface area (Å²) in [6.45, 7) is 14.1. The van der Waals surface area contributed by atoms with Gasteiger partial charge in [0.15, 0.2) is 0 Å². The molecule has 7 rings (SSSR count). The summed E-state index contributed by atoms with van der Waals surface area (Å²) in [5.74, 6) is 0. The van der Waals surface area contributed by atoms with Crippen molar-refractivity contribution in [3.63, 3.8) is 0 Å². The number of rotatable bonds is 6. The molecule has 0 amide bonds. The fraction of sp³-hybridized carbons (Fsp3) is 0.174. The van der Waals surface area contributed by atoms with Gasteiger partial charge in [0.05, 0.1) is 0 Å². The van der Waals surface area contributed by atoms with Gasteiger partial charge in [0.2, 0.25) is 0 Å². The molecular weight excluding hydrogens is 581 g/mol. The molecule has 0 saturated heterocycles. The number of hydrogen-bond acceptors (Lipinski definition) is 2. The third-order valence-corrected chi connectivity index (χ3v) is 9.16. The predicted molar refractivity (Wildman–Crippen MR) is 208 cm³/mol. The van der Waals surface area contributed by atoms with E-state index in [9.17, 15) is 0 Å². The van der Waals surface area contributed by atoms with Gasteiger partial charge in [0.25, 0.3) is 0 Å². The van der Waals surface area contributed by atoms with E-state index in [0.717, 1.165) is 34.1 Å². The second-order valence-electron chi connectivity index (χ2n) is 14.7. The van der Waals surface area contributed by atoms with E-state index in [2.05, 4.69) is 209 Å². The standard InChI is InChI=1S/C46H44N2/c1-45(2,3)43-39-29-27-38(48(35-23-15-9-16-24-35)36-25-17-10-18-26-36)32-42(39)44(46(4,5)6)40-30-28-37(31-41(40)43)47(33-19-11-7-12-20-33)34-21-13-8-14-22-34/h7-32H,1-6H3. The lowest BCUT2D eigenvalue weighted by Crippen LogP contribution is -2.18. The summed E-state index contributed by atoms with van der Waals surface area (Å²) >= 11 is 0. The van der Waals surface area contributed by atoms with Gasteiger partial charge in [-0.05, 0) is 116 Å². The van der Waals surface area contributed by atoms with Gasteiger partial charge in [-0.2, -0.15) is 0 Å². The second-order valence-corrected chi connectivity index (χ2v) is 14.7. The van der Waals surface area contributed by atoms with E-state index in [1.54, 1.807) is 0 Å². The van der Waals surface area contributed by atoms with Gasteiger partial charge in [-0.1, -0.05) is 126 Å². The molecule has 0 aliphatic rings. The highest BCUT2D eigenvalue weighted by Gasteiger charge is 2.29. The number of nitrogens with zero attached hydrogens (tertiary/aromatic N) is 2. The lowest BCUT2D eigenvalue weighted by molar-refractivity contribution is 0.593. The monoisotopic (exact) mass is 624 g/mol. The fourth-order valence-corrected chi connectivity index (χ4v) is 7.30. The molecule has 0 spiro atoms. The first-order valence-corrected chi connectivity index (χ1v) is 17.0. The van der Waals surface area contributed by atoms with Crippen molar-refractivity contribution >= 4 is 55.7 Å². The summed E-state index contributed by atoms with van der Waals surface area (Å²) in [6, 6.07) is 57.0. The molecule has 0 saturated carbocycles. The average molecular weight is 625 g/mol. The van der Waals surface area contributed by atoms with Crippen LogP contribution < -0.4 is 9.80 Å². The molecule has 48 heavy (non-hydrogen) atoms. The molecule has 0 aliphatic carbocycles. The van der Waals surface area contributed by atoms with Gasteiger partial charge < -0.3 is 9.80 Å². The van der Waals surface area contributed by atoms with Gasteiger partial charge in [0, 0.05) is 34.1 Å². The van der Waals surface area contributed by atoms with E-state index in [-0.39, 0.29) is 10.8 Å². The van der Waals surface area contributed by atoms with Crippen molar-refractivity contribution in [1.82, 2.24) is 0 Å². The van der Waals surface area contributed by atoms with E-state index in [1.807, 2.05) is 0 Å². The smallest absolute Gasteiger partial charge is 0.0468 e. The summed E-state index contributed by atoms with van der Waals surface area (Å²) < 4.78 is 0. The third-order valence-electron chi connectivity index (χ3n) is 9.16. The van der Waals surface area contributed by atoms with Gasteiger partial charge in [-0.3, -0.25) is 0 Å². The minimum Gasteiger partial charge on any atom is -0.310 e. The maximum Gasteiger partial charge on any atom is 0.0468 e. The van der Waals surface area contributed by atoms with E-state index < -0.39 is 0 Å². The Morgan fingerprint density at radius 3 is 0.812 bits per heavy atom. The largest absolute Gasteiger partial charge is 0.310 e. The van der Waals surface area contributed by atoms with E-state index >= 15 is 0 Å². The van der Waals surface area contributed by atoms with Crippen LogP contribution in [-0.4, -0.2) is 0 Å². The Hall–Kier alpha value is -5.34. The van der Waals surface area contributed by atoms with Crippen molar-refractivity contribution in [3.8, 4) is 0 Å². The summed E-state index contributed by atoms with van der Waals surface area (Å²) in [6.07, 6.45) is 0. The first-order valence-electron chi connectivity index (χ1n) is 17.0. The van der Waals surface area contributed by atoms with Crippen LogP contribution in [0.15, 0.2) is 158 Å². The van der Waals surface area contributed by atoms with E-state index in [1.165, 1.54) is 32.7 Å². The molecule has 238 valence electrons. The zero-order chi connectivity index (χ0) is 33.5. The Kier molecular flexibility index (Phi) is 8.05. The number of fused-ring (bicyclic) bond motifs is 2. The first kappa shape index (κ1) is 31.3. The minimum atomic E-state index is -0.101. The number of benzene rings is 7. The van der Waals surface area contributed by atoms with Crippen molar-refractivity contribution in [2.75, 3.05) is 9.80 Å². The van der Waals surface area contributed by atoms with Gasteiger partial charge >= 0.3 is 0 Å². The molecule has 0 fully saturated rings. The zero-order valence-corrected chi connectivity index (χ0v) is 28.9. The van der Waals surface area contributed by atoms with Crippen LogP contribution in [-0.2, 0) is 10.8 Å². The first-order chi connectivity index (χ1) is 23.1.